The first-order valence-corrected chi connectivity index (χ1v) is 11.4. The number of amides is 1. The molecular weight excluding hydrogens is 430 g/mol. The fourth-order valence-corrected chi connectivity index (χ4v) is 5.04. The van der Waals surface area contributed by atoms with E-state index in [0.29, 0.717) is 40.3 Å². The highest BCUT2D eigenvalue weighted by atomic mass is 16.5. The number of likely N-dealkylation sites (N-methyl/N-ethyl adjacent to an activating group) is 1. The van der Waals surface area contributed by atoms with Crippen LogP contribution in [0.3, 0.4) is 0 Å². The molecule has 9 nitrogen and oxygen atoms in total. The van der Waals surface area contributed by atoms with Crippen LogP contribution < -0.4 is 10.1 Å². The number of benzene rings is 1. The summed E-state index contributed by atoms with van der Waals surface area (Å²) in [4.78, 5) is 29.0. The zero-order valence-corrected chi connectivity index (χ0v) is 19.3. The molecule has 9 heteroatoms. The second-order valence-corrected chi connectivity index (χ2v) is 9.03. The van der Waals surface area contributed by atoms with E-state index in [9.17, 15) is 4.79 Å². The number of nitrogens with one attached hydrogen (secondary N) is 1. The first kappa shape index (κ1) is 20.7. The summed E-state index contributed by atoms with van der Waals surface area (Å²) in [5, 5.41) is 7.67. The van der Waals surface area contributed by atoms with Gasteiger partial charge in [0, 0.05) is 36.5 Å². The third kappa shape index (κ3) is 3.40. The molecule has 172 valence electrons. The molecule has 0 radical (unpaired) electrons. The molecule has 1 aliphatic carbocycles. The number of hydrogen-bond acceptors (Lipinski definition) is 7. The van der Waals surface area contributed by atoms with Crippen molar-refractivity contribution in [2.24, 2.45) is 13.0 Å². The topological polar surface area (TPSA) is 98.1 Å². The maximum atomic E-state index is 13.1. The number of pyridine rings is 1. The van der Waals surface area contributed by atoms with Crippen LogP contribution in [0.15, 0.2) is 48.9 Å². The summed E-state index contributed by atoms with van der Waals surface area (Å²) in [6.45, 7) is 0. The number of ether oxygens (including phenoxy) is 1. The van der Waals surface area contributed by atoms with Crippen LogP contribution in [0, 0.1) is 5.92 Å². The van der Waals surface area contributed by atoms with Gasteiger partial charge in [-0.05, 0) is 25.8 Å². The van der Waals surface area contributed by atoms with Crippen LogP contribution in [0.1, 0.15) is 12.8 Å². The molecule has 1 N–H and O–H groups in total. The fourth-order valence-electron chi connectivity index (χ4n) is 5.04. The fraction of sp³-hybridized carbons (Fsp3) is 0.320. The summed E-state index contributed by atoms with van der Waals surface area (Å²) < 4.78 is 7.31. The third-order valence-corrected chi connectivity index (χ3v) is 6.90. The van der Waals surface area contributed by atoms with E-state index < -0.39 is 0 Å². The quantitative estimate of drug-likeness (QED) is 0.494. The second kappa shape index (κ2) is 7.88. The van der Waals surface area contributed by atoms with E-state index in [1.807, 2.05) is 50.6 Å². The first-order chi connectivity index (χ1) is 16.5. The SMILES string of the molecule is COc1cc2ncnc(-c3cn(C)nc3-c3ccccc3)c2nc1NC(=O)C1CC2CC2N1C. The molecule has 2 aliphatic rings. The van der Waals surface area contributed by atoms with Crippen molar-refractivity contribution < 1.29 is 9.53 Å². The zero-order chi connectivity index (χ0) is 23.4. The van der Waals surface area contributed by atoms with Crippen molar-refractivity contribution in [3.63, 3.8) is 0 Å². The normalized spacial score (nSPS) is 21.4. The van der Waals surface area contributed by atoms with Gasteiger partial charge in [0.05, 0.1) is 18.7 Å². The molecule has 1 saturated carbocycles. The largest absolute Gasteiger partial charge is 0.493 e. The number of piperidine rings is 1. The van der Waals surface area contributed by atoms with Crippen LogP contribution in [0.25, 0.3) is 33.5 Å². The van der Waals surface area contributed by atoms with Gasteiger partial charge in [0.15, 0.2) is 11.6 Å². The Morgan fingerprint density at radius 2 is 1.94 bits per heavy atom. The van der Waals surface area contributed by atoms with E-state index in [-0.39, 0.29) is 11.9 Å². The molecule has 1 saturated heterocycles. The van der Waals surface area contributed by atoms with Gasteiger partial charge in [0.2, 0.25) is 5.91 Å². The van der Waals surface area contributed by atoms with Gasteiger partial charge >= 0.3 is 0 Å². The third-order valence-electron chi connectivity index (χ3n) is 6.90. The lowest BCUT2D eigenvalue weighted by atomic mass is 10.0. The van der Waals surface area contributed by atoms with E-state index in [2.05, 4.69) is 25.3 Å². The molecule has 1 aliphatic heterocycles. The van der Waals surface area contributed by atoms with Crippen molar-refractivity contribution in [3.8, 4) is 28.3 Å². The number of rotatable bonds is 5. The van der Waals surface area contributed by atoms with E-state index in [1.165, 1.54) is 12.7 Å². The molecule has 6 rings (SSSR count). The van der Waals surface area contributed by atoms with Gasteiger partial charge in [0.1, 0.15) is 23.2 Å². The van der Waals surface area contributed by atoms with Crippen molar-refractivity contribution in [2.45, 2.75) is 24.9 Å². The lowest BCUT2D eigenvalue weighted by Crippen LogP contribution is -2.39. The van der Waals surface area contributed by atoms with Crippen molar-refractivity contribution in [3.05, 3.63) is 48.9 Å². The summed E-state index contributed by atoms with van der Waals surface area (Å²) in [6.07, 6.45) is 5.51. The van der Waals surface area contributed by atoms with Gasteiger partial charge in [-0.2, -0.15) is 5.10 Å². The summed E-state index contributed by atoms with van der Waals surface area (Å²) in [5.41, 5.74) is 4.47. The average molecular weight is 456 g/mol. The van der Waals surface area contributed by atoms with Crippen molar-refractivity contribution in [2.75, 3.05) is 19.5 Å². The number of fused-ring (bicyclic) bond motifs is 2. The molecule has 4 heterocycles. The smallest absolute Gasteiger partial charge is 0.242 e. The molecule has 0 bridgehead atoms. The minimum Gasteiger partial charge on any atom is -0.493 e. The van der Waals surface area contributed by atoms with Crippen molar-refractivity contribution in [1.29, 1.82) is 0 Å². The van der Waals surface area contributed by atoms with E-state index >= 15 is 0 Å². The minimum absolute atomic E-state index is 0.0652. The highest BCUT2D eigenvalue weighted by Crippen LogP contribution is 2.47. The molecule has 1 aromatic carbocycles. The first-order valence-electron chi connectivity index (χ1n) is 11.4. The summed E-state index contributed by atoms with van der Waals surface area (Å²) in [6, 6.07) is 12.1. The van der Waals surface area contributed by atoms with Crippen LogP contribution in [-0.4, -0.2) is 61.8 Å². The number of methoxy groups -OCH3 is 1. The number of carbonyl (C=O) groups is 1. The number of hydrogen-bond donors (Lipinski definition) is 1. The molecule has 0 spiro atoms. The number of likely N-dealkylation sites (tertiary alicyclic amines) is 1. The van der Waals surface area contributed by atoms with Gasteiger partial charge in [-0.3, -0.25) is 14.4 Å². The molecular formula is C25H25N7O2. The summed E-state index contributed by atoms with van der Waals surface area (Å²) in [7, 11) is 5.46. The van der Waals surface area contributed by atoms with Crippen molar-refractivity contribution in [1.82, 2.24) is 29.6 Å². The molecule has 3 aromatic heterocycles. The van der Waals surface area contributed by atoms with Gasteiger partial charge in [-0.25, -0.2) is 15.0 Å². The predicted octanol–water partition coefficient (Wildman–Crippen LogP) is 3.13. The van der Waals surface area contributed by atoms with Gasteiger partial charge in [-0.15, -0.1) is 0 Å². The van der Waals surface area contributed by atoms with Gasteiger partial charge in [-0.1, -0.05) is 30.3 Å². The van der Waals surface area contributed by atoms with Gasteiger partial charge in [0.25, 0.3) is 0 Å². The number of carbonyl (C=O) groups excluding carboxylic acids is 1. The summed E-state index contributed by atoms with van der Waals surface area (Å²) >= 11 is 0. The Kier molecular flexibility index (Phi) is 4.80. The molecule has 3 unspecified atom stereocenters. The lowest BCUT2D eigenvalue weighted by Gasteiger charge is -2.22. The van der Waals surface area contributed by atoms with Crippen LogP contribution >= 0.6 is 0 Å². The Labute approximate surface area is 196 Å². The highest BCUT2D eigenvalue weighted by Gasteiger charge is 2.52. The number of nitrogens with zero attached hydrogens (tertiary/aromatic N) is 6. The summed E-state index contributed by atoms with van der Waals surface area (Å²) in [5.74, 6) is 1.40. The van der Waals surface area contributed by atoms with Crippen LogP contribution in [0.5, 0.6) is 5.75 Å². The highest BCUT2D eigenvalue weighted by molar-refractivity contribution is 5.99. The maximum Gasteiger partial charge on any atom is 0.242 e. The molecule has 1 amide bonds. The van der Waals surface area contributed by atoms with Gasteiger partial charge < -0.3 is 10.1 Å². The second-order valence-electron chi connectivity index (χ2n) is 9.03. The van der Waals surface area contributed by atoms with Crippen LogP contribution in [0.4, 0.5) is 5.82 Å². The van der Waals surface area contributed by atoms with Crippen LogP contribution in [-0.2, 0) is 11.8 Å². The standard InChI is InChI=1S/C25H25N7O2/c1-31-12-16(21(30-31)14-7-5-4-6-8-14)22-23-17(26-13-27-22)11-20(34-3)24(28-23)29-25(33)19-10-15-9-18(15)32(19)2/h4-8,11-13,15,18-19H,9-10H2,1-3H3,(H,28,29,33). The monoisotopic (exact) mass is 455 g/mol. The molecule has 3 atom stereocenters. The van der Waals surface area contributed by atoms with Crippen LogP contribution in [0.2, 0.25) is 0 Å². The predicted molar refractivity (Wildman–Crippen MR) is 128 cm³/mol. The Bertz CT molecular complexity index is 1400. The average Bonchev–Trinajstić information content (AvgIpc) is 3.42. The zero-order valence-electron chi connectivity index (χ0n) is 19.3. The van der Waals surface area contributed by atoms with E-state index in [1.54, 1.807) is 17.9 Å². The number of aryl methyl sites for hydroxylation is 1. The number of aromatic nitrogens is 5. The Hall–Kier alpha value is -3.85. The molecule has 34 heavy (non-hydrogen) atoms. The minimum atomic E-state index is -0.152. The Morgan fingerprint density at radius 1 is 1.12 bits per heavy atom. The van der Waals surface area contributed by atoms with E-state index in [4.69, 9.17) is 9.72 Å². The number of anilines is 1. The Balaban J connectivity index is 1.43. The molecule has 4 aromatic rings. The van der Waals surface area contributed by atoms with Crippen molar-refractivity contribution >= 4 is 22.8 Å². The Morgan fingerprint density at radius 3 is 2.68 bits per heavy atom. The lowest BCUT2D eigenvalue weighted by molar-refractivity contribution is -0.120. The molecule has 2 fully saturated rings. The maximum absolute atomic E-state index is 13.1. The van der Waals surface area contributed by atoms with E-state index in [0.717, 1.165) is 23.2 Å².